The van der Waals surface area contributed by atoms with E-state index in [4.69, 9.17) is 4.74 Å². The molecule has 3 aliphatic rings. The number of carbonyl (C=O) groups excluding carboxylic acids is 1. The SMILES string of the molecule is CC=CC(=O)Oc1cnc(-c2ccc(C34CCC(CCCCC)(CC3)CC4)cc2)nc1. The Hall–Kier alpha value is -2.49. The Kier molecular flexibility index (Phi) is 6.54. The van der Waals surface area contributed by atoms with Crippen molar-refractivity contribution in [3.63, 3.8) is 0 Å². The molecule has 1 aromatic heterocycles. The van der Waals surface area contributed by atoms with E-state index in [1.54, 1.807) is 25.4 Å². The first-order valence-electron chi connectivity index (χ1n) is 11.9. The van der Waals surface area contributed by atoms with Gasteiger partial charge in [-0.15, -0.1) is 0 Å². The zero-order valence-electron chi connectivity index (χ0n) is 18.9. The Morgan fingerprint density at radius 2 is 1.65 bits per heavy atom. The lowest BCUT2D eigenvalue weighted by atomic mass is 9.51. The predicted octanol–water partition coefficient (Wildman–Crippen LogP) is 6.80. The second-order valence-corrected chi connectivity index (χ2v) is 9.48. The molecule has 0 atom stereocenters. The molecule has 164 valence electrons. The molecule has 3 saturated carbocycles. The van der Waals surface area contributed by atoms with Crippen LogP contribution in [-0.2, 0) is 10.2 Å². The van der Waals surface area contributed by atoms with Crippen molar-refractivity contribution in [2.45, 2.75) is 83.5 Å². The van der Waals surface area contributed by atoms with Crippen molar-refractivity contribution >= 4 is 5.97 Å². The molecule has 0 radical (unpaired) electrons. The fourth-order valence-electron chi connectivity index (χ4n) is 5.60. The average molecular weight is 419 g/mol. The highest BCUT2D eigenvalue weighted by Crippen LogP contribution is 2.59. The number of fused-ring (bicyclic) bond motifs is 3. The third kappa shape index (κ3) is 4.73. The maximum Gasteiger partial charge on any atom is 0.335 e. The van der Waals surface area contributed by atoms with Crippen LogP contribution in [0.25, 0.3) is 11.4 Å². The highest BCUT2D eigenvalue weighted by molar-refractivity contribution is 5.83. The summed E-state index contributed by atoms with van der Waals surface area (Å²) in [6.07, 6.45) is 19.9. The van der Waals surface area contributed by atoms with Crippen molar-refractivity contribution < 1.29 is 9.53 Å². The van der Waals surface area contributed by atoms with E-state index in [-0.39, 0.29) is 0 Å². The Labute approximate surface area is 186 Å². The van der Waals surface area contributed by atoms with Crippen LogP contribution in [0.1, 0.15) is 83.6 Å². The monoisotopic (exact) mass is 418 g/mol. The summed E-state index contributed by atoms with van der Waals surface area (Å²) in [5.41, 5.74) is 3.49. The minimum atomic E-state index is -0.420. The number of aromatic nitrogens is 2. The number of esters is 1. The van der Waals surface area contributed by atoms with Crippen LogP contribution >= 0.6 is 0 Å². The largest absolute Gasteiger partial charge is 0.420 e. The maximum absolute atomic E-state index is 11.5. The first-order chi connectivity index (χ1) is 15.1. The van der Waals surface area contributed by atoms with E-state index in [2.05, 4.69) is 41.2 Å². The van der Waals surface area contributed by atoms with E-state index in [0.717, 1.165) is 5.56 Å². The Morgan fingerprint density at radius 1 is 1.00 bits per heavy atom. The highest BCUT2D eigenvalue weighted by Gasteiger charge is 2.48. The van der Waals surface area contributed by atoms with Crippen LogP contribution in [0.15, 0.2) is 48.8 Å². The van der Waals surface area contributed by atoms with Gasteiger partial charge in [0.05, 0.1) is 12.4 Å². The van der Waals surface area contributed by atoms with E-state index < -0.39 is 5.97 Å². The van der Waals surface area contributed by atoms with Crippen molar-refractivity contribution in [3.05, 3.63) is 54.4 Å². The molecule has 0 amide bonds. The zero-order chi connectivity index (χ0) is 21.7. The van der Waals surface area contributed by atoms with Crippen LogP contribution in [0.2, 0.25) is 0 Å². The minimum absolute atomic E-state index is 0.356. The number of unbranched alkanes of at least 4 members (excludes halogenated alkanes) is 2. The Morgan fingerprint density at radius 3 is 2.23 bits per heavy atom. The zero-order valence-corrected chi connectivity index (χ0v) is 18.9. The molecular formula is C27H34N2O2. The summed E-state index contributed by atoms with van der Waals surface area (Å²) in [7, 11) is 0. The number of ether oxygens (including phenoxy) is 1. The van der Waals surface area contributed by atoms with Crippen molar-refractivity contribution in [2.75, 3.05) is 0 Å². The molecule has 3 fully saturated rings. The topological polar surface area (TPSA) is 52.1 Å². The summed E-state index contributed by atoms with van der Waals surface area (Å²) in [6.45, 7) is 4.07. The van der Waals surface area contributed by atoms with Gasteiger partial charge in [0.25, 0.3) is 0 Å². The van der Waals surface area contributed by atoms with Gasteiger partial charge in [-0.1, -0.05) is 56.5 Å². The van der Waals surface area contributed by atoms with Gasteiger partial charge in [0.15, 0.2) is 11.6 Å². The van der Waals surface area contributed by atoms with Crippen LogP contribution in [-0.4, -0.2) is 15.9 Å². The summed E-state index contributed by atoms with van der Waals surface area (Å²) in [5, 5.41) is 0. The van der Waals surface area contributed by atoms with Crippen LogP contribution in [0.5, 0.6) is 5.75 Å². The molecule has 31 heavy (non-hydrogen) atoms. The lowest BCUT2D eigenvalue weighted by Crippen LogP contribution is -2.44. The fraction of sp³-hybridized carbons (Fsp3) is 0.519. The molecule has 2 bridgehead atoms. The van der Waals surface area contributed by atoms with E-state index >= 15 is 0 Å². The van der Waals surface area contributed by atoms with E-state index in [1.807, 2.05) is 0 Å². The molecule has 4 heteroatoms. The molecule has 0 spiro atoms. The van der Waals surface area contributed by atoms with E-state index in [9.17, 15) is 4.79 Å². The summed E-state index contributed by atoms with van der Waals surface area (Å²) < 4.78 is 5.16. The molecule has 0 unspecified atom stereocenters. The first kappa shape index (κ1) is 21.7. The molecule has 2 aromatic rings. The number of nitrogens with zero attached hydrogens (tertiary/aromatic N) is 2. The first-order valence-corrected chi connectivity index (χ1v) is 11.9. The second kappa shape index (κ2) is 9.33. The Bertz CT molecular complexity index is 891. The quantitative estimate of drug-likeness (QED) is 0.269. The smallest absolute Gasteiger partial charge is 0.335 e. The number of carbonyl (C=O) groups is 1. The summed E-state index contributed by atoms with van der Waals surface area (Å²) >= 11 is 0. The molecule has 3 aliphatic carbocycles. The Balaban J connectivity index is 1.41. The van der Waals surface area contributed by atoms with Gasteiger partial charge in [0.1, 0.15) is 0 Å². The molecule has 1 aromatic carbocycles. The minimum Gasteiger partial charge on any atom is -0.420 e. The lowest BCUT2D eigenvalue weighted by molar-refractivity contribution is -0.129. The second-order valence-electron chi connectivity index (χ2n) is 9.48. The number of benzene rings is 1. The third-order valence-electron chi connectivity index (χ3n) is 7.62. The summed E-state index contributed by atoms with van der Waals surface area (Å²) in [4.78, 5) is 20.3. The molecule has 0 N–H and O–H groups in total. The fourth-order valence-corrected chi connectivity index (χ4v) is 5.60. The predicted molar refractivity (Wildman–Crippen MR) is 124 cm³/mol. The molecule has 4 nitrogen and oxygen atoms in total. The van der Waals surface area contributed by atoms with Gasteiger partial charge in [-0.05, 0) is 68.3 Å². The van der Waals surface area contributed by atoms with Gasteiger partial charge in [0, 0.05) is 11.6 Å². The number of hydrogen-bond acceptors (Lipinski definition) is 4. The molecule has 5 rings (SSSR count). The van der Waals surface area contributed by atoms with Crippen LogP contribution in [0.4, 0.5) is 0 Å². The summed E-state index contributed by atoms with van der Waals surface area (Å²) in [6, 6.07) is 8.85. The van der Waals surface area contributed by atoms with E-state index in [1.165, 1.54) is 75.8 Å². The van der Waals surface area contributed by atoms with Crippen molar-refractivity contribution in [1.82, 2.24) is 9.97 Å². The van der Waals surface area contributed by atoms with Gasteiger partial charge in [-0.25, -0.2) is 14.8 Å². The standard InChI is InChI=1S/C27H34N2O2/c1-3-5-6-12-26-13-16-27(17-14-26,18-15-26)22-10-8-21(9-11-22)25-28-19-23(20-29-25)31-24(30)7-4-2/h4,7-11,19-20H,3,5-6,12-18H2,1-2H3. The normalized spacial score (nSPS) is 25.1. The van der Waals surface area contributed by atoms with Gasteiger partial charge in [-0.3, -0.25) is 0 Å². The van der Waals surface area contributed by atoms with Gasteiger partial charge < -0.3 is 4.74 Å². The number of rotatable bonds is 8. The van der Waals surface area contributed by atoms with Gasteiger partial charge >= 0.3 is 5.97 Å². The summed E-state index contributed by atoms with van der Waals surface area (Å²) in [5.74, 6) is 0.586. The number of hydrogen-bond donors (Lipinski definition) is 0. The van der Waals surface area contributed by atoms with Crippen molar-refractivity contribution in [1.29, 1.82) is 0 Å². The molecule has 1 heterocycles. The number of allylic oxidation sites excluding steroid dienone is 1. The van der Waals surface area contributed by atoms with Gasteiger partial charge in [-0.2, -0.15) is 0 Å². The van der Waals surface area contributed by atoms with Crippen molar-refractivity contribution in [2.24, 2.45) is 5.41 Å². The molecule has 0 aliphatic heterocycles. The van der Waals surface area contributed by atoms with E-state index in [0.29, 0.717) is 22.4 Å². The van der Waals surface area contributed by atoms with Crippen LogP contribution < -0.4 is 4.74 Å². The molecular weight excluding hydrogens is 384 g/mol. The maximum atomic E-state index is 11.5. The average Bonchev–Trinajstić information content (AvgIpc) is 2.81. The third-order valence-corrected chi connectivity index (χ3v) is 7.62. The molecule has 0 saturated heterocycles. The van der Waals surface area contributed by atoms with Crippen molar-refractivity contribution in [3.8, 4) is 17.1 Å². The van der Waals surface area contributed by atoms with Gasteiger partial charge in [0.2, 0.25) is 0 Å². The van der Waals surface area contributed by atoms with Crippen LogP contribution in [0, 0.1) is 5.41 Å². The lowest BCUT2D eigenvalue weighted by Gasteiger charge is -2.54. The van der Waals surface area contributed by atoms with Crippen LogP contribution in [0.3, 0.4) is 0 Å². The highest BCUT2D eigenvalue weighted by atomic mass is 16.5.